The fraction of sp³-hybridized carbons (Fsp3) is 0.381. The second-order valence-electron chi connectivity index (χ2n) is 7.16. The van der Waals surface area contributed by atoms with Gasteiger partial charge in [0.1, 0.15) is 5.82 Å². The minimum Gasteiger partial charge on any atom is -0.356 e. The molecule has 1 N–H and O–H groups in total. The molecule has 28 heavy (non-hydrogen) atoms. The van der Waals surface area contributed by atoms with Gasteiger partial charge in [0.05, 0.1) is 6.33 Å². The first-order chi connectivity index (χ1) is 13.5. The Balaban J connectivity index is 1.66. The minimum atomic E-state index is -0.306. The number of aromatic nitrogens is 2. The Morgan fingerprint density at radius 3 is 2.79 bits per heavy atom. The maximum atomic E-state index is 13.7. The van der Waals surface area contributed by atoms with Crippen molar-refractivity contribution in [1.82, 2.24) is 19.8 Å². The lowest BCUT2D eigenvalue weighted by atomic mass is 9.93. The molecular weight excluding hydrogens is 359 g/mol. The van der Waals surface area contributed by atoms with Crippen LogP contribution in [-0.2, 0) is 16.6 Å². The van der Waals surface area contributed by atoms with Gasteiger partial charge in [-0.15, -0.1) is 0 Å². The van der Waals surface area contributed by atoms with Gasteiger partial charge in [-0.2, -0.15) is 0 Å². The molecule has 0 saturated carbocycles. The summed E-state index contributed by atoms with van der Waals surface area (Å²) in [6.45, 7) is 3.16. The van der Waals surface area contributed by atoms with Crippen molar-refractivity contribution in [3.63, 3.8) is 0 Å². The molecule has 1 aliphatic rings. The van der Waals surface area contributed by atoms with Crippen LogP contribution in [0.15, 0.2) is 42.9 Å². The number of amides is 2. The number of halogens is 1. The van der Waals surface area contributed by atoms with E-state index in [0.717, 1.165) is 5.69 Å². The predicted molar refractivity (Wildman–Crippen MR) is 105 cm³/mol. The first kappa shape index (κ1) is 19.8. The van der Waals surface area contributed by atoms with Crippen molar-refractivity contribution in [2.45, 2.75) is 19.3 Å². The van der Waals surface area contributed by atoms with Crippen LogP contribution in [0.4, 0.5) is 4.39 Å². The number of carbonyl (C=O) groups is 2. The third-order valence-electron chi connectivity index (χ3n) is 5.14. The van der Waals surface area contributed by atoms with Crippen LogP contribution in [0, 0.1) is 11.7 Å². The van der Waals surface area contributed by atoms with Crippen LogP contribution in [0.1, 0.15) is 30.5 Å². The van der Waals surface area contributed by atoms with Crippen LogP contribution >= 0.6 is 0 Å². The highest BCUT2D eigenvalue weighted by Crippen LogP contribution is 2.32. The Morgan fingerprint density at radius 2 is 2.11 bits per heavy atom. The first-order valence-electron chi connectivity index (χ1n) is 9.35. The third-order valence-corrected chi connectivity index (χ3v) is 5.14. The molecule has 1 saturated heterocycles. The molecule has 0 radical (unpaired) electrons. The molecule has 1 aliphatic heterocycles. The number of benzene rings is 1. The van der Waals surface area contributed by atoms with Crippen molar-refractivity contribution in [2.75, 3.05) is 19.6 Å². The van der Waals surface area contributed by atoms with E-state index < -0.39 is 0 Å². The van der Waals surface area contributed by atoms with Gasteiger partial charge in [-0.25, -0.2) is 9.37 Å². The Bertz CT molecular complexity index is 877. The molecule has 6 nitrogen and oxygen atoms in total. The summed E-state index contributed by atoms with van der Waals surface area (Å²) in [6.07, 6.45) is 7.10. The highest BCUT2D eigenvalue weighted by Gasteiger charge is 2.37. The fourth-order valence-electron chi connectivity index (χ4n) is 3.64. The molecule has 0 bridgehead atoms. The second kappa shape index (κ2) is 8.82. The van der Waals surface area contributed by atoms with Crippen LogP contribution in [0.25, 0.3) is 6.08 Å². The molecule has 148 valence electrons. The molecule has 1 fully saturated rings. The zero-order valence-electron chi connectivity index (χ0n) is 16.1. The van der Waals surface area contributed by atoms with E-state index in [1.807, 2.05) is 22.7 Å². The molecule has 0 unspecified atom stereocenters. The lowest BCUT2D eigenvalue weighted by molar-refractivity contribution is -0.129. The van der Waals surface area contributed by atoms with E-state index in [-0.39, 0.29) is 35.9 Å². The minimum absolute atomic E-state index is 0.00918. The molecule has 3 rings (SSSR count). The van der Waals surface area contributed by atoms with Gasteiger partial charge in [-0.1, -0.05) is 30.4 Å². The number of nitrogens with zero attached hydrogens (tertiary/aromatic N) is 3. The zero-order valence-corrected chi connectivity index (χ0v) is 16.1. The van der Waals surface area contributed by atoms with Crippen molar-refractivity contribution in [3.05, 3.63) is 59.9 Å². The first-order valence-corrected chi connectivity index (χ1v) is 9.35. The quantitative estimate of drug-likeness (QED) is 0.831. The molecule has 2 heterocycles. The monoisotopic (exact) mass is 384 g/mol. The van der Waals surface area contributed by atoms with Gasteiger partial charge in [-0.05, 0) is 6.07 Å². The summed E-state index contributed by atoms with van der Waals surface area (Å²) in [4.78, 5) is 30.0. The molecule has 2 atom stereocenters. The summed E-state index contributed by atoms with van der Waals surface area (Å²) >= 11 is 0. The highest BCUT2D eigenvalue weighted by molar-refractivity contribution is 5.79. The van der Waals surface area contributed by atoms with Gasteiger partial charge >= 0.3 is 0 Å². The number of hydrogen-bond acceptors (Lipinski definition) is 3. The summed E-state index contributed by atoms with van der Waals surface area (Å²) in [5.41, 5.74) is 1.51. The Labute approximate surface area is 164 Å². The molecule has 1 aromatic heterocycles. The van der Waals surface area contributed by atoms with Gasteiger partial charge in [0.25, 0.3) is 0 Å². The van der Waals surface area contributed by atoms with Crippen LogP contribution in [0.5, 0.6) is 0 Å². The average Bonchev–Trinajstić information content (AvgIpc) is 3.27. The van der Waals surface area contributed by atoms with Crippen LogP contribution < -0.4 is 5.32 Å². The Morgan fingerprint density at radius 1 is 1.32 bits per heavy atom. The van der Waals surface area contributed by atoms with Gasteiger partial charge in [0, 0.05) is 69.3 Å². The van der Waals surface area contributed by atoms with Crippen molar-refractivity contribution in [3.8, 4) is 0 Å². The van der Waals surface area contributed by atoms with E-state index in [4.69, 9.17) is 0 Å². The van der Waals surface area contributed by atoms with Crippen LogP contribution in [0.3, 0.4) is 0 Å². The van der Waals surface area contributed by atoms with Crippen molar-refractivity contribution in [2.24, 2.45) is 13.0 Å². The number of nitrogens with one attached hydrogen (secondary N) is 1. The van der Waals surface area contributed by atoms with E-state index in [1.54, 1.807) is 36.7 Å². The topological polar surface area (TPSA) is 67.2 Å². The lowest BCUT2D eigenvalue weighted by Crippen LogP contribution is -2.32. The van der Waals surface area contributed by atoms with Gasteiger partial charge in [-0.3, -0.25) is 9.59 Å². The van der Waals surface area contributed by atoms with Gasteiger partial charge in [0.2, 0.25) is 11.8 Å². The highest BCUT2D eigenvalue weighted by atomic mass is 19.1. The van der Waals surface area contributed by atoms with E-state index in [0.29, 0.717) is 25.2 Å². The zero-order chi connectivity index (χ0) is 20.1. The Hall–Kier alpha value is -2.96. The number of hydrogen-bond donors (Lipinski definition) is 1. The molecule has 0 aliphatic carbocycles. The summed E-state index contributed by atoms with van der Waals surface area (Å²) in [5.74, 6) is -0.164. The van der Waals surface area contributed by atoms with E-state index in [9.17, 15) is 14.0 Å². The largest absolute Gasteiger partial charge is 0.356 e. The smallest absolute Gasteiger partial charge is 0.226 e. The van der Waals surface area contributed by atoms with Crippen molar-refractivity contribution >= 4 is 17.9 Å². The summed E-state index contributed by atoms with van der Waals surface area (Å²) < 4.78 is 15.6. The number of rotatable bonds is 6. The summed E-state index contributed by atoms with van der Waals surface area (Å²) in [6, 6.07) is 6.47. The number of carbonyl (C=O) groups excluding carboxylic acids is 2. The van der Waals surface area contributed by atoms with E-state index >= 15 is 0 Å². The van der Waals surface area contributed by atoms with E-state index in [2.05, 4.69) is 10.3 Å². The maximum Gasteiger partial charge on any atom is 0.226 e. The molecule has 0 spiro atoms. The third kappa shape index (κ3) is 4.65. The standard InChI is InChI=1S/C21H25FN4O2/c1-15(27)24-10-17-12-26(13-18(17)20-11-23-14-25(20)2)21(28)9-5-7-16-6-3-4-8-19(16)22/h3-8,11,14,17-18H,9-10,12-13H2,1-2H3,(H,24,27)/b7-5+/t17-,18-/m1/s1. The number of likely N-dealkylation sites (tertiary alicyclic amines) is 1. The maximum absolute atomic E-state index is 13.7. The van der Waals surface area contributed by atoms with E-state index in [1.165, 1.54) is 13.0 Å². The molecule has 1 aromatic carbocycles. The van der Waals surface area contributed by atoms with Crippen LogP contribution in [0.2, 0.25) is 0 Å². The molecule has 2 amide bonds. The predicted octanol–water partition coefficient (Wildman–Crippen LogP) is 2.34. The number of imidazole rings is 1. The second-order valence-corrected chi connectivity index (χ2v) is 7.16. The van der Waals surface area contributed by atoms with Crippen molar-refractivity contribution < 1.29 is 14.0 Å². The van der Waals surface area contributed by atoms with Crippen molar-refractivity contribution in [1.29, 1.82) is 0 Å². The lowest BCUT2D eigenvalue weighted by Gasteiger charge is -2.18. The molecular formula is C21H25FN4O2. The average molecular weight is 384 g/mol. The molecule has 7 heteroatoms. The summed E-state index contributed by atoms with van der Waals surface area (Å²) in [7, 11) is 1.93. The summed E-state index contributed by atoms with van der Waals surface area (Å²) in [5, 5.41) is 2.87. The van der Waals surface area contributed by atoms with Gasteiger partial charge < -0.3 is 14.8 Å². The SMILES string of the molecule is CC(=O)NC[C@@H]1CN(C(=O)C/C=C/c2ccccc2F)C[C@H]1c1cncn1C. The van der Waals surface area contributed by atoms with Crippen LogP contribution in [-0.4, -0.2) is 45.9 Å². The number of aryl methyl sites for hydroxylation is 1. The molecule has 2 aromatic rings. The fourth-order valence-corrected chi connectivity index (χ4v) is 3.64. The normalized spacial score (nSPS) is 19.3. The van der Waals surface area contributed by atoms with Gasteiger partial charge in [0.15, 0.2) is 0 Å². The Kier molecular flexibility index (Phi) is 6.23.